The number of pyridine rings is 1. The van der Waals surface area contributed by atoms with Gasteiger partial charge >= 0.3 is 13.2 Å². The Labute approximate surface area is 175 Å². The van der Waals surface area contributed by atoms with E-state index in [4.69, 9.17) is 19.0 Å². The highest BCUT2D eigenvalue weighted by atomic mass is 16.7. The Balaban J connectivity index is 1.64. The Bertz CT molecular complexity index is 749. The van der Waals surface area contributed by atoms with Crippen molar-refractivity contribution in [3.63, 3.8) is 0 Å². The average Bonchev–Trinajstić information content (AvgIpc) is 2.81. The Kier molecular flexibility index (Phi) is 5.78. The maximum absolute atomic E-state index is 12.3. The quantitative estimate of drug-likeness (QED) is 0.705. The minimum absolute atomic E-state index is 0.226. The van der Waals surface area contributed by atoms with Crippen molar-refractivity contribution in [2.75, 3.05) is 13.1 Å². The first-order valence-corrected chi connectivity index (χ1v) is 10.6. The van der Waals surface area contributed by atoms with Gasteiger partial charge in [0.05, 0.1) is 11.2 Å². The highest BCUT2D eigenvalue weighted by molar-refractivity contribution is 6.62. The van der Waals surface area contributed by atoms with Crippen molar-refractivity contribution >= 4 is 18.7 Å². The molecular formula is C22H35BN2O4. The molecule has 0 bridgehead atoms. The fraction of sp³-hybridized carbons (Fsp3) is 0.727. The van der Waals surface area contributed by atoms with Crippen LogP contribution in [-0.2, 0) is 14.0 Å². The molecule has 2 saturated heterocycles. The zero-order valence-electron chi connectivity index (χ0n) is 19.2. The van der Waals surface area contributed by atoms with Crippen LogP contribution >= 0.6 is 0 Å². The molecular weight excluding hydrogens is 367 g/mol. The van der Waals surface area contributed by atoms with Gasteiger partial charge in [0.2, 0.25) is 0 Å². The number of nitrogens with zero attached hydrogens (tertiary/aromatic N) is 2. The first kappa shape index (κ1) is 22.1. The normalized spacial score (nSPS) is 22.1. The lowest BCUT2D eigenvalue weighted by Gasteiger charge is -2.33. The Morgan fingerprint density at radius 2 is 1.69 bits per heavy atom. The lowest BCUT2D eigenvalue weighted by atomic mass is 9.77. The van der Waals surface area contributed by atoms with Crippen molar-refractivity contribution in [3.05, 3.63) is 23.5 Å². The van der Waals surface area contributed by atoms with Crippen LogP contribution in [-0.4, -0.2) is 53.0 Å². The number of hydrogen-bond donors (Lipinski definition) is 0. The number of aryl methyl sites for hydroxylation is 1. The van der Waals surface area contributed by atoms with Crippen LogP contribution in [0.5, 0.6) is 0 Å². The Morgan fingerprint density at radius 3 is 2.17 bits per heavy atom. The molecule has 0 unspecified atom stereocenters. The van der Waals surface area contributed by atoms with E-state index in [0.29, 0.717) is 19.0 Å². The van der Waals surface area contributed by atoms with Gasteiger partial charge in [-0.2, -0.15) is 0 Å². The predicted molar refractivity (Wildman–Crippen MR) is 114 cm³/mol. The predicted octanol–water partition coefficient (Wildman–Crippen LogP) is 3.80. The summed E-state index contributed by atoms with van der Waals surface area (Å²) in [6.45, 7) is 17.3. The lowest BCUT2D eigenvalue weighted by Crippen LogP contribution is -2.41. The van der Waals surface area contributed by atoms with Crippen molar-refractivity contribution in [2.24, 2.45) is 0 Å². The molecule has 0 radical (unpaired) electrons. The van der Waals surface area contributed by atoms with Crippen molar-refractivity contribution < 1.29 is 18.8 Å². The van der Waals surface area contributed by atoms with Gasteiger partial charge < -0.3 is 18.9 Å². The minimum Gasteiger partial charge on any atom is -0.444 e. The molecule has 0 spiro atoms. The number of ether oxygens (including phenoxy) is 1. The number of aromatic nitrogens is 1. The maximum atomic E-state index is 12.3. The third-order valence-corrected chi connectivity index (χ3v) is 6.22. The molecule has 0 N–H and O–H groups in total. The number of amides is 1. The van der Waals surface area contributed by atoms with Gasteiger partial charge in [0.25, 0.3) is 0 Å². The van der Waals surface area contributed by atoms with E-state index in [0.717, 1.165) is 29.7 Å². The maximum Gasteiger partial charge on any atom is 0.496 e. The van der Waals surface area contributed by atoms with Crippen LogP contribution in [0.15, 0.2) is 12.1 Å². The van der Waals surface area contributed by atoms with E-state index in [1.165, 1.54) is 0 Å². The summed E-state index contributed by atoms with van der Waals surface area (Å²) < 4.78 is 17.8. The first-order chi connectivity index (χ1) is 13.3. The van der Waals surface area contributed by atoms with Gasteiger partial charge in [0, 0.05) is 35.9 Å². The van der Waals surface area contributed by atoms with E-state index in [2.05, 4.69) is 39.8 Å². The number of hydrogen-bond acceptors (Lipinski definition) is 5. The monoisotopic (exact) mass is 402 g/mol. The molecule has 0 atom stereocenters. The molecule has 7 heteroatoms. The summed E-state index contributed by atoms with van der Waals surface area (Å²) in [7, 11) is -0.393. The fourth-order valence-electron chi connectivity index (χ4n) is 3.72. The molecule has 1 aromatic rings. The van der Waals surface area contributed by atoms with Crippen molar-refractivity contribution in [1.82, 2.24) is 9.88 Å². The summed E-state index contributed by atoms with van der Waals surface area (Å²) in [6, 6.07) is 4.17. The van der Waals surface area contributed by atoms with Crippen molar-refractivity contribution in [2.45, 2.75) is 91.0 Å². The summed E-state index contributed by atoms with van der Waals surface area (Å²) in [5, 5.41) is 0. The molecule has 2 aliphatic heterocycles. The smallest absolute Gasteiger partial charge is 0.444 e. The van der Waals surface area contributed by atoms with Gasteiger partial charge in [-0.3, -0.25) is 4.98 Å². The summed E-state index contributed by atoms with van der Waals surface area (Å²) >= 11 is 0. The minimum atomic E-state index is -0.462. The molecule has 0 aliphatic carbocycles. The largest absolute Gasteiger partial charge is 0.496 e. The van der Waals surface area contributed by atoms with Gasteiger partial charge in [-0.1, -0.05) is 6.07 Å². The van der Waals surface area contributed by atoms with E-state index in [9.17, 15) is 4.79 Å². The highest BCUT2D eigenvalue weighted by Gasteiger charge is 2.52. The highest BCUT2D eigenvalue weighted by Crippen LogP contribution is 2.37. The third-order valence-electron chi connectivity index (χ3n) is 6.22. The van der Waals surface area contributed by atoms with Crippen LogP contribution in [0.3, 0.4) is 0 Å². The van der Waals surface area contributed by atoms with Gasteiger partial charge in [-0.15, -0.1) is 0 Å². The second-order valence-electron chi connectivity index (χ2n) is 10.2. The summed E-state index contributed by atoms with van der Waals surface area (Å²) in [5.41, 5.74) is 1.81. The van der Waals surface area contributed by atoms with Crippen LogP contribution < -0.4 is 5.46 Å². The fourth-order valence-corrected chi connectivity index (χ4v) is 3.72. The van der Waals surface area contributed by atoms with Crippen LogP contribution in [0.25, 0.3) is 0 Å². The lowest BCUT2D eigenvalue weighted by molar-refractivity contribution is 0.00578. The summed E-state index contributed by atoms with van der Waals surface area (Å²) in [4.78, 5) is 18.9. The standard InChI is InChI=1S/C22H35BN2O4/c1-15-17(23-28-21(5,6)22(7,8)29-23)9-10-18(24-15)16-11-13-25(14-12-16)19(26)27-20(2,3)4/h9-10,16H,11-14H2,1-8H3. The van der Waals surface area contributed by atoms with Crippen molar-refractivity contribution in [1.29, 1.82) is 0 Å². The van der Waals surface area contributed by atoms with E-state index >= 15 is 0 Å². The Morgan fingerprint density at radius 1 is 1.14 bits per heavy atom. The molecule has 0 saturated carbocycles. The zero-order chi connectivity index (χ0) is 21.6. The topological polar surface area (TPSA) is 60.9 Å². The molecule has 2 fully saturated rings. The number of carbonyl (C=O) groups excluding carboxylic acids is 1. The Hall–Kier alpha value is -1.60. The van der Waals surface area contributed by atoms with E-state index in [1.54, 1.807) is 4.90 Å². The van der Waals surface area contributed by atoms with E-state index in [-0.39, 0.29) is 17.3 Å². The number of piperidine rings is 1. The molecule has 160 valence electrons. The van der Waals surface area contributed by atoms with E-state index < -0.39 is 12.7 Å². The molecule has 1 amide bonds. The van der Waals surface area contributed by atoms with Gasteiger partial charge in [-0.25, -0.2) is 4.79 Å². The van der Waals surface area contributed by atoms with Crippen molar-refractivity contribution in [3.8, 4) is 0 Å². The second-order valence-corrected chi connectivity index (χ2v) is 10.2. The molecule has 1 aromatic heterocycles. The zero-order valence-corrected chi connectivity index (χ0v) is 19.2. The van der Waals surface area contributed by atoms with E-state index in [1.807, 2.05) is 27.7 Å². The summed E-state index contributed by atoms with van der Waals surface area (Å²) in [5.74, 6) is 0.347. The molecule has 2 aliphatic rings. The van der Waals surface area contributed by atoms with Gasteiger partial charge in [0.15, 0.2) is 0 Å². The van der Waals surface area contributed by atoms with Gasteiger partial charge in [-0.05, 0) is 74.3 Å². The molecule has 0 aromatic carbocycles. The van der Waals surface area contributed by atoms with Gasteiger partial charge in [0.1, 0.15) is 5.60 Å². The second kappa shape index (κ2) is 7.58. The SMILES string of the molecule is Cc1nc(C2CCN(C(=O)OC(C)(C)C)CC2)ccc1B1OC(C)(C)C(C)(C)O1. The number of carbonyl (C=O) groups is 1. The van der Waals surface area contributed by atoms with Crippen LogP contribution in [0.1, 0.15) is 78.6 Å². The molecule has 6 nitrogen and oxygen atoms in total. The number of rotatable bonds is 2. The molecule has 29 heavy (non-hydrogen) atoms. The van der Waals surface area contributed by atoms with Crippen LogP contribution in [0.4, 0.5) is 4.79 Å². The summed E-state index contributed by atoms with van der Waals surface area (Å²) in [6.07, 6.45) is 1.56. The first-order valence-electron chi connectivity index (χ1n) is 10.6. The molecule has 3 rings (SSSR count). The number of likely N-dealkylation sites (tertiary alicyclic amines) is 1. The third kappa shape index (κ3) is 4.77. The average molecular weight is 402 g/mol. The molecule has 3 heterocycles. The van der Waals surface area contributed by atoms with Crippen LogP contribution in [0.2, 0.25) is 0 Å². The van der Waals surface area contributed by atoms with Crippen LogP contribution in [0, 0.1) is 6.92 Å².